The van der Waals surface area contributed by atoms with Gasteiger partial charge in [0, 0.05) is 37.3 Å². The van der Waals surface area contributed by atoms with E-state index in [4.69, 9.17) is 0 Å². The van der Waals surface area contributed by atoms with Crippen LogP contribution in [0.1, 0.15) is 16.2 Å². The van der Waals surface area contributed by atoms with Crippen LogP contribution in [0.4, 0.5) is 5.82 Å². The topological polar surface area (TPSA) is 92.7 Å². The summed E-state index contributed by atoms with van der Waals surface area (Å²) in [5, 5.41) is 5.82. The average Bonchev–Trinajstić information content (AvgIpc) is 2.67. The van der Waals surface area contributed by atoms with Gasteiger partial charge in [0.2, 0.25) is 0 Å². The lowest BCUT2D eigenvalue weighted by atomic mass is 10.2. The number of pyridine rings is 2. The molecule has 7 nitrogen and oxygen atoms in total. The number of nitrogens with one attached hydrogen (secondary N) is 2. The van der Waals surface area contributed by atoms with Crippen LogP contribution in [-0.4, -0.2) is 32.9 Å². The van der Waals surface area contributed by atoms with Crippen LogP contribution in [0.5, 0.6) is 0 Å². The Morgan fingerprint density at radius 1 is 1.08 bits per heavy atom. The number of nitrogens with zero attached hydrogens (tertiary/aromatic N) is 4. The van der Waals surface area contributed by atoms with E-state index in [1.807, 2.05) is 12.1 Å². The van der Waals surface area contributed by atoms with Crippen molar-refractivity contribution in [2.75, 3.05) is 12.4 Å². The fourth-order valence-electron chi connectivity index (χ4n) is 2.10. The fourth-order valence-corrected chi connectivity index (χ4v) is 2.10. The first kappa shape index (κ1) is 15.5. The van der Waals surface area contributed by atoms with Gasteiger partial charge in [0.1, 0.15) is 11.5 Å². The molecule has 0 atom stereocenters. The Bertz CT molecular complexity index is 823. The van der Waals surface area contributed by atoms with Gasteiger partial charge in [0.15, 0.2) is 5.82 Å². The third-order valence-corrected chi connectivity index (χ3v) is 3.30. The highest BCUT2D eigenvalue weighted by molar-refractivity contribution is 5.92. The molecule has 0 aliphatic heterocycles. The molecule has 0 unspecified atom stereocenters. The predicted octanol–water partition coefficient (Wildman–Crippen LogP) is 1.91. The van der Waals surface area contributed by atoms with Crippen LogP contribution in [0.15, 0.2) is 55.0 Å². The van der Waals surface area contributed by atoms with Crippen LogP contribution < -0.4 is 10.6 Å². The van der Waals surface area contributed by atoms with Crippen LogP contribution in [0.25, 0.3) is 11.4 Å². The van der Waals surface area contributed by atoms with Crippen molar-refractivity contribution in [3.63, 3.8) is 0 Å². The zero-order valence-electron chi connectivity index (χ0n) is 13.1. The number of carbonyl (C=O) groups excluding carboxylic acids is 1. The molecule has 3 rings (SSSR count). The molecular formula is C17H16N6O. The lowest BCUT2D eigenvalue weighted by Gasteiger charge is -2.09. The van der Waals surface area contributed by atoms with Gasteiger partial charge in [-0.15, -0.1) is 0 Å². The minimum Gasteiger partial charge on any atom is -0.373 e. The molecule has 2 N–H and O–H groups in total. The first-order valence-electron chi connectivity index (χ1n) is 7.41. The summed E-state index contributed by atoms with van der Waals surface area (Å²) in [5.41, 5.74) is 1.93. The highest BCUT2D eigenvalue weighted by atomic mass is 16.1. The molecule has 0 aromatic carbocycles. The molecule has 0 saturated carbocycles. The minimum atomic E-state index is -0.245. The lowest BCUT2D eigenvalue weighted by Crippen LogP contribution is -2.24. The van der Waals surface area contributed by atoms with Gasteiger partial charge in [0.25, 0.3) is 5.91 Å². The van der Waals surface area contributed by atoms with Crippen LogP contribution in [0.3, 0.4) is 0 Å². The van der Waals surface area contributed by atoms with E-state index in [0.717, 1.165) is 5.56 Å². The van der Waals surface area contributed by atoms with E-state index in [2.05, 4.69) is 30.6 Å². The Labute approximate surface area is 139 Å². The summed E-state index contributed by atoms with van der Waals surface area (Å²) < 4.78 is 0. The van der Waals surface area contributed by atoms with Crippen molar-refractivity contribution in [3.05, 3.63) is 66.4 Å². The predicted molar refractivity (Wildman–Crippen MR) is 90.2 cm³/mol. The van der Waals surface area contributed by atoms with E-state index >= 15 is 0 Å². The lowest BCUT2D eigenvalue weighted by molar-refractivity contribution is 0.0945. The minimum absolute atomic E-state index is 0.245. The normalized spacial score (nSPS) is 10.2. The van der Waals surface area contributed by atoms with Gasteiger partial charge >= 0.3 is 0 Å². The molecule has 0 aliphatic rings. The van der Waals surface area contributed by atoms with Gasteiger partial charge in [-0.3, -0.25) is 14.8 Å². The summed E-state index contributed by atoms with van der Waals surface area (Å²) in [6, 6.07) is 10.7. The van der Waals surface area contributed by atoms with E-state index < -0.39 is 0 Å². The molecule has 24 heavy (non-hydrogen) atoms. The summed E-state index contributed by atoms with van der Waals surface area (Å²) in [6.45, 7) is 0.282. The Morgan fingerprint density at radius 3 is 2.62 bits per heavy atom. The molecule has 0 saturated heterocycles. The van der Waals surface area contributed by atoms with Crippen molar-refractivity contribution in [3.8, 4) is 11.4 Å². The van der Waals surface area contributed by atoms with Crippen molar-refractivity contribution < 1.29 is 4.79 Å². The molecule has 1 amide bonds. The molecule has 3 aromatic heterocycles. The first-order valence-corrected chi connectivity index (χ1v) is 7.41. The summed E-state index contributed by atoms with van der Waals surface area (Å²) in [6.07, 6.45) is 4.96. The van der Waals surface area contributed by atoms with Gasteiger partial charge in [-0.1, -0.05) is 6.07 Å². The van der Waals surface area contributed by atoms with Gasteiger partial charge < -0.3 is 10.6 Å². The smallest absolute Gasteiger partial charge is 0.270 e. The van der Waals surface area contributed by atoms with Crippen LogP contribution in [0, 0.1) is 0 Å². The van der Waals surface area contributed by atoms with Crippen molar-refractivity contribution in [2.24, 2.45) is 0 Å². The number of aromatic nitrogens is 4. The summed E-state index contributed by atoms with van der Waals surface area (Å²) >= 11 is 0. The van der Waals surface area contributed by atoms with E-state index in [0.29, 0.717) is 23.0 Å². The van der Waals surface area contributed by atoms with Gasteiger partial charge in [-0.25, -0.2) is 9.97 Å². The van der Waals surface area contributed by atoms with Gasteiger partial charge in [-0.2, -0.15) is 0 Å². The molecule has 0 fully saturated rings. The fraction of sp³-hybridized carbons (Fsp3) is 0.118. The standard InChI is InChI=1S/C17H16N6O/c1-18-15-10-13(11-21-17(24)14-4-2-3-7-20-14)22-16(23-15)12-5-8-19-9-6-12/h2-10H,11H2,1H3,(H,21,24)(H,18,22,23). The molecule has 0 aliphatic carbocycles. The number of carbonyl (C=O) groups is 1. The number of amides is 1. The van der Waals surface area contributed by atoms with Crippen molar-refractivity contribution in [1.82, 2.24) is 25.3 Å². The van der Waals surface area contributed by atoms with Crippen molar-refractivity contribution in [2.45, 2.75) is 6.54 Å². The van der Waals surface area contributed by atoms with E-state index in [1.54, 1.807) is 49.9 Å². The molecule has 120 valence electrons. The monoisotopic (exact) mass is 320 g/mol. The third-order valence-electron chi connectivity index (χ3n) is 3.30. The van der Waals surface area contributed by atoms with Gasteiger partial charge in [0.05, 0.1) is 12.2 Å². The highest BCUT2D eigenvalue weighted by Crippen LogP contribution is 2.17. The van der Waals surface area contributed by atoms with Gasteiger partial charge in [-0.05, 0) is 24.3 Å². The quantitative estimate of drug-likeness (QED) is 0.746. The third kappa shape index (κ3) is 3.70. The van der Waals surface area contributed by atoms with Crippen LogP contribution in [0.2, 0.25) is 0 Å². The second-order valence-corrected chi connectivity index (χ2v) is 4.95. The Kier molecular flexibility index (Phi) is 4.71. The zero-order valence-corrected chi connectivity index (χ0v) is 13.1. The second kappa shape index (κ2) is 7.28. The molecule has 0 spiro atoms. The second-order valence-electron chi connectivity index (χ2n) is 4.95. The highest BCUT2D eigenvalue weighted by Gasteiger charge is 2.09. The van der Waals surface area contributed by atoms with Crippen LogP contribution in [-0.2, 0) is 6.54 Å². The maximum absolute atomic E-state index is 12.1. The zero-order chi connectivity index (χ0) is 16.8. The maximum Gasteiger partial charge on any atom is 0.270 e. The molecule has 0 bridgehead atoms. The molecular weight excluding hydrogens is 304 g/mol. The Morgan fingerprint density at radius 2 is 1.92 bits per heavy atom. The summed E-state index contributed by atoms with van der Waals surface area (Å²) in [5.74, 6) is 1.01. The van der Waals surface area contributed by atoms with Crippen molar-refractivity contribution in [1.29, 1.82) is 0 Å². The van der Waals surface area contributed by atoms with E-state index in [1.165, 1.54) is 0 Å². The summed E-state index contributed by atoms with van der Waals surface area (Å²) in [7, 11) is 1.79. The number of hydrogen-bond acceptors (Lipinski definition) is 6. The Balaban J connectivity index is 1.79. The molecule has 3 aromatic rings. The van der Waals surface area contributed by atoms with E-state index in [-0.39, 0.29) is 12.5 Å². The van der Waals surface area contributed by atoms with Crippen LogP contribution >= 0.6 is 0 Å². The summed E-state index contributed by atoms with van der Waals surface area (Å²) in [4.78, 5) is 29.0. The maximum atomic E-state index is 12.1. The van der Waals surface area contributed by atoms with Crippen molar-refractivity contribution >= 4 is 11.7 Å². The Hall–Kier alpha value is -3.35. The number of hydrogen-bond donors (Lipinski definition) is 2. The number of anilines is 1. The average molecular weight is 320 g/mol. The SMILES string of the molecule is CNc1cc(CNC(=O)c2ccccn2)nc(-c2ccncc2)n1. The number of rotatable bonds is 5. The van der Waals surface area contributed by atoms with E-state index in [9.17, 15) is 4.79 Å². The first-order chi connectivity index (χ1) is 11.8. The molecule has 3 heterocycles. The largest absolute Gasteiger partial charge is 0.373 e. The molecule has 0 radical (unpaired) electrons. The molecule has 7 heteroatoms.